The van der Waals surface area contributed by atoms with Crippen molar-refractivity contribution in [3.63, 3.8) is 0 Å². The van der Waals surface area contributed by atoms with Crippen molar-refractivity contribution >= 4 is 89.5 Å². The van der Waals surface area contributed by atoms with Gasteiger partial charge in [0.25, 0.3) is 0 Å². The Balaban J connectivity index is 0.000000573. The van der Waals surface area contributed by atoms with Gasteiger partial charge in [-0.3, -0.25) is 0 Å². The van der Waals surface area contributed by atoms with Gasteiger partial charge in [-0.25, -0.2) is 16.8 Å². The van der Waals surface area contributed by atoms with Crippen LogP contribution in [0.25, 0.3) is 32.7 Å². The van der Waals surface area contributed by atoms with Gasteiger partial charge in [0, 0.05) is 0 Å². The summed E-state index contributed by atoms with van der Waals surface area (Å²) in [7, 11) is -14.0. The van der Waals surface area contributed by atoms with Gasteiger partial charge in [0.1, 0.15) is 0 Å². The van der Waals surface area contributed by atoms with Crippen LogP contribution in [0.4, 0.5) is 26.3 Å². The van der Waals surface area contributed by atoms with Crippen molar-refractivity contribution in [2.75, 3.05) is 0 Å². The summed E-state index contributed by atoms with van der Waals surface area (Å²) in [6.45, 7) is 8.72. The molecule has 0 unspecified atom stereocenters. The van der Waals surface area contributed by atoms with Crippen molar-refractivity contribution in [3.05, 3.63) is 192 Å². The van der Waals surface area contributed by atoms with Gasteiger partial charge < -0.3 is 20.1 Å². The topological polar surface area (TPSA) is 177 Å². The van der Waals surface area contributed by atoms with E-state index in [0.29, 0.717) is 0 Å². The molecule has 0 aliphatic heterocycles. The van der Waals surface area contributed by atoms with E-state index in [2.05, 4.69) is 198 Å². The number of aryl methyl sites for hydroxylation is 4. The van der Waals surface area contributed by atoms with Crippen LogP contribution in [-0.4, -0.2) is 47.9 Å². The molecule has 0 saturated carbocycles. The van der Waals surface area contributed by atoms with Crippen molar-refractivity contribution < 1.29 is 83.7 Å². The van der Waals surface area contributed by atoms with Crippen molar-refractivity contribution in [1.29, 1.82) is 0 Å². The summed E-state index contributed by atoms with van der Waals surface area (Å²) in [5, 5.41) is 13.4. The number of rotatable bonds is 7. The average molecular weight is 1120 g/mol. The average Bonchev–Trinajstić information content (AvgIpc) is 3.25. The second-order valence-corrected chi connectivity index (χ2v) is 22.3. The maximum atomic E-state index is 10.7. The van der Waals surface area contributed by atoms with Crippen LogP contribution in [0.3, 0.4) is 0 Å². The minimum atomic E-state index is -6.09. The van der Waals surface area contributed by atoms with Gasteiger partial charge >= 0.3 is 31.4 Å². The van der Waals surface area contributed by atoms with Crippen molar-refractivity contribution in [2.24, 2.45) is 0 Å². The van der Waals surface area contributed by atoms with Crippen LogP contribution in [0.1, 0.15) is 22.3 Å². The standard InChI is InChI=1S/C48H40P2.2CHF3O3S.2H2O.Pd/c1-33-13-23-39(24-14-33)49(40-25-15-34(2)16-26-40)45-31-21-37-9-5-7-11-43(37)47(45)48-44-12-8-6-10-38(44)22-32-46(48)50(41-27-17-35(3)18-28-41)42-29-19-36(4)20-30-42;2*2-1(3,4)8(5,6)7;;;/h5-32H,1-4H3;2*(H,5,6,7);2*1H2;/q;;;;;+2/p-2. The largest absolute Gasteiger partial charge is 2.00 e. The molecular weight excluding hydrogens is 1080 g/mol. The summed E-state index contributed by atoms with van der Waals surface area (Å²) in [5.41, 5.74) is -3.45. The van der Waals surface area contributed by atoms with Crippen LogP contribution in [0.15, 0.2) is 170 Å². The molecule has 0 saturated heterocycles. The zero-order valence-electron chi connectivity index (χ0n) is 36.9. The molecule has 0 radical (unpaired) electrons. The van der Waals surface area contributed by atoms with Gasteiger partial charge in [-0.2, -0.15) is 26.3 Å². The van der Waals surface area contributed by atoms with E-state index in [-0.39, 0.29) is 31.4 Å². The van der Waals surface area contributed by atoms with Crippen LogP contribution in [0.5, 0.6) is 0 Å². The molecule has 0 heterocycles. The van der Waals surface area contributed by atoms with Crippen LogP contribution >= 0.6 is 15.8 Å². The van der Waals surface area contributed by atoms with Crippen LogP contribution in [0.2, 0.25) is 0 Å². The van der Waals surface area contributed by atoms with Crippen molar-refractivity contribution in [3.8, 4) is 11.1 Å². The Kier molecular flexibility index (Phi) is 20.2. The third-order valence-electron chi connectivity index (χ3n) is 10.3. The maximum Gasteiger partial charge on any atom is 2.00 e. The fourth-order valence-electron chi connectivity index (χ4n) is 7.05. The maximum absolute atomic E-state index is 10.7. The molecule has 0 amide bonds. The SMILES string of the molecule is Cc1ccc(P(c2ccc(C)cc2)c2ccc3ccccc3c2-c2c(P(c3ccc(C)cc3)c3ccc(C)cc3)ccc3ccccc23)cc1.O.O.O=S(=O)([O-])C(F)(F)F.O=S(=O)([O-])C(F)(F)F.[Pd+2]. The monoisotopic (exact) mass is 1120 g/mol. The Bertz CT molecular complexity index is 2900. The molecule has 0 spiro atoms. The first-order chi connectivity index (χ1) is 30.9. The van der Waals surface area contributed by atoms with Crippen LogP contribution in [-0.2, 0) is 40.7 Å². The summed E-state index contributed by atoms with van der Waals surface area (Å²) >= 11 is 0. The summed E-state index contributed by atoms with van der Waals surface area (Å²) in [6, 6.07) is 64.6. The molecule has 4 N–H and O–H groups in total. The number of halogens is 6. The van der Waals surface area contributed by atoms with E-state index in [1.807, 2.05) is 0 Å². The molecule has 8 rings (SSSR count). The molecular formula is C50H44F6O8P2PdS2. The molecule has 0 aromatic heterocycles. The number of hydrogen-bond donors (Lipinski definition) is 0. The third kappa shape index (κ3) is 14.1. The van der Waals surface area contributed by atoms with Gasteiger partial charge in [0.2, 0.25) is 0 Å². The number of hydrogen-bond acceptors (Lipinski definition) is 6. The minimum absolute atomic E-state index is 0. The van der Waals surface area contributed by atoms with Crippen LogP contribution in [0, 0.1) is 27.7 Å². The molecule has 0 atom stereocenters. The summed E-state index contributed by atoms with van der Waals surface area (Å²) in [6.07, 6.45) is 0. The summed E-state index contributed by atoms with van der Waals surface area (Å²) < 4.78 is 118. The normalized spacial score (nSPS) is 11.6. The van der Waals surface area contributed by atoms with Gasteiger partial charge in [0.15, 0.2) is 20.2 Å². The predicted octanol–water partition coefficient (Wildman–Crippen LogP) is 8.86. The Labute approximate surface area is 412 Å². The Morgan fingerprint density at radius 2 is 0.594 bits per heavy atom. The zero-order chi connectivity index (χ0) is 48.2. The van der Waals surface area contributed by atoms with Crippen LogP contribution < -0.4 is 31.8 Å². The predicted molar refractivity (Wildman–Crippen MR) is 262 cm³/mol. The van der Waals surface area contributed by atoms with Gasteiger partial charge in [0.05, 0.1) is 0 Å². The Morgan fingerprint density at radius 3 is 0.812 bits per heavy atom. The first-order valence-corrected chi connectivity index (χ1v) is 25.4. The molecule has 0 aliphatic rings. The van der Waals surface area contributed by atoms with E-state index in [0.717, 1.165) is 0 Å². The van der Waals surface area contributed by atoms with Crippen molar-refractivity contribution in [1.82, 2.24) is 0 Å². The molecule has 366 valence electrons. The molecule has 0 fully saturated rings. The Hall–Kier alpha value is -4.88. The summed E-state index contributed by atoms with van der Waals surface area (Å²) in [4.78, 5) is 0. The molecule has 0 bridgehead atoms. The number of fused-ring (bicyclic) bond motifs is 2. The smallest absolute Gasteiger partial charge is 0.741 e. The molecule has 8 aromatic carbocycles. The van der Waals surface area contributed by atoms with E-state index < -0.39 is 47.1 Å². The van der Waals surface area contributed by atoms with E-state index >= 15 is 0 Å². The second kappa shape index (κ2) is 23.8. The van der Waals surface area contributed by atoms with E-state index in [9.17, 15) is 26.3 Å². The first kappa shape index (κ1) is 58.4. The Morgan fingerprint density at radius 1 is 0.377 bits per heavy atom. The third-order valence-corrected chi connectivity index (χ3v) is 16.4. The van der Waals surface area contributed by atoms with E-state index in [1.54, 1.807) is 0 Å². The molecule has 8 nitrogen and oxygen atoms in total. The second-order valence-electron chi connectivity index (χ2n) is 15.2. The van der Waals surface area contributed by atoms with Gasteiger partial charge in [-0.05, 0) is 108 Å². The fourth-order valence-corrected chi connectivity index (χ4v) is 11.9. The zero-order valence-corrected chi connectivity index (χ0v) is 41.9. The number of alkyl halides is 6. The quantitative estimate of drug-likeness (QED) is 0.0506. The van der Waals surface area contributed by atoms with E-state index in [1.165, 1.54) is 86.8 Å². The molecule has 69 heavy (non-hydrogen) atoms. The minimum Gasteiger partial charge on any atom is -0.741 e. The van der Waals surface area contributed by atoms with Gasteiger partial charge in [-0.1, -0.05) is 192 Å². The molecule has 19 heteroatoms. The number of benzene rings is 8. The summed E-state index contributed by atoms with van der Waals surface area (Å²) in [5.74, 6) is 0. The molecule has 8 aromatic rings. The fraction of sp³-hybridized carbons (Fsp3) is 0.120. The van der Waals surface area contributed by atoms with Gasteiger partial charge in [-0.15, -0.1) is 0 Å². The van der Waals surface area contributed by atoms with E-state index in [4.69, 9.17) is 25.9 Å². The van der Waals surface area contributed by atoms with Crippen molar-refractivity contribution in [2.45, 2.75) is 38.7 Å². The first-order valence-electron chi connectivity index (χ1n) is 19.9. The molecule has 0 aliphatic carbocycles.